The summed E-state index contributed by atoms with van der Waals surface area (Å²) in [6, 6.07) is 10.6. The fourth-order valence-electron chi connectivity index (χ4n) is 3.82. The highest BCUT2D eigenvalue weighted by Gasteiger charge is 2.28. The predicted octanol–water partition coefficient (Wildman–Crippen LogP) is 1.22. The number of hydrogen-bond acceptors (Lipinski definition) is 4. The van der Waals surface area contributed by atoms with Crippen LogP contribution in [-0.2, 0) is 34.3 Å². The lowest BCUT2D eigenvalue weighted by Crippen LogP contribution is -2.39. The van der Waals surface area contributed by atoms with Gasteiger partial charge in [0.2, 0.25) is 15.9 Å². The molecule has 0 bridgehead atoms. The molecule has 0 aliphatic carbocycles. The van der Waals surface area contributed by atoms with Crippen LogP contribution in [0.25, 0.3) is 0 Å². The first-order valence-electron chi connectivity index (χ1n) is 9.50. The van der Waals surface area contributed by atoms with Gasteiger partial charge in [0.15, 0.2) is 0 Å². The minimum Gasteiger partial charge on any atom is -0.336 e. The number of benzene rings is 1. The van der Waals surface area contributed by atoms with Crippen molar-refractivity contribution < 1.29 is 13.2 Å². The van der Waals surface area contributed by atoms with Crippen LogP contribution in [0.5, 0.6) is 0 Å². The van der Waals surface area contributed by atoms with Crippen LogP contribution < -0.4 is 5.56 Å². The lowest BCUT2D eigenvalue weighted by Gasteiger charge is -2.29. The fraction of sp³-hybridized carbons (Fsp3) is 0.400. The fourth-order valence-corrected chi connectivity index (χ4v) is 5.35. The molecule has 1 saturated heterocycles. The van der Waals surface area contributed by atoms with Gasteiger partial charge in [-0.25, -0.2) is 8.42 Å². The summed E-state index contributed by atoms with van der Waals surface area (Å²) in [6.07, 6.45) is 3.76. The second-order valence-corrected chi connectivity index (χ2v) is 9.21. The quantitative estimate of drug-likeness (QED) is 0.772. The van der Waals surface area contributed by atoms with E-state index in [0.717, 1.165) is 24.8 Å². The normalized spacial score (nSPS) is 17.5. The second-order valence-electron chi connectivity index (χ2n) is 7.28. The van der Waals surface area contributed by atoms with Crippen molar-refractivity contribution in [3.63, 3.8) is 0 Å². The van der Waals surface area contributed by atoms with Crippen LogP contribution in [-0.4, -0.2) is 47.7 Å². The van der Waals surface area contributed by atoms with E-state index in [2.05, 4.69) is 6.07 Å². The molecular formula is C20H23N3O4S. The molecule has 148 valence electrons. The van der Waals surface area contributed by atoms with Crippen LogP contribution in [0.3, 0.4) is 0 Å². The molecule has 7 nitrogen and oxygen atoms in total. The molecule has 3 heterocycles. The first-order valence-corrected chi connectivity index (χ1v) is 10.9. The Morgan fingerprint density at radius 2 is 1.68 bits per heavy atom. The van der Waals surface area contributed by atoms with Crippen molar-refractivity contribution in [1.82, 2.24) is 13.8 Å². The number of fused-ring (bicyclic) bond motifs is 1. The Balaban J connectivity index is 1.53. The third-order valence-electron chi connectivity index (χ3n) is 5.45. The van der Waals surface area contributed by atoms with Crippen molar-refractivity contribution in [1.29, 1.82) is 0 Å². The molecule has 0 N–H and O–H groups in total. The second kappa shape index (κ2) is 7.52. The first kappa shape index (κ1) is 18.9. The third-order valence-corrected chi connectivity index (χ3v) is 7.33. The van der Waals surface area contributed by atoms with Gasteiger partial charge in [-0.05, 0) is 36.5 Å². The summed E-state index contributed by atoms with van der Waals surface area (Å²) < 4.78 is 28.1. The van der Waals surface area contributed by atoms with Gasteiger partial charge in [0.25, 0.3) is 5.56 Å². The standard InChI is InChI=1S/C20H23N3O4S/c24-19-8-7-18(28(26,27)23-10-3-4-11-23)14-22(19)15-20(25)21-12-9-16-5-1-2-6-17(16)13-21/h1-2,5-8,14H,3-4,9-13,15H2. The van der Waals surface area contributed by atoms with Crippen molar-refractivity contribution >= 4 is 15.9 Å². The number of nitrogens with zero attached hydrogens (tertiary/aromatic N) is 3. The number of rotatable bonds is 4. The molecule has 0 unspecified atom stereocenters. The largest absolute Gasteiger partial charge is 0.336 e. The van der Waals surface area contributed by atoms with Gasteiger partial charge in [0.05, 0.1) is 4.90 Å². The molecule has 1 aromatic carbocycles. The van der Waals surface area contributed by atoms with Gasteiger partial charge in [0, 0.05) is 38.4 Å². The molecule has 8 heteroatoms. The monoisotopic (exact) mass is 401 g/mol. The molecule has 0 spiro atoms. The number of amides is 1. The molecule has 2 aromatic rings. The summed E-state index contributed by atoms with van der Waals surface area (Å²) >= 11 is 0. The summed E-state index contributed by atoms with van der Waals surface area (Å²) in [6.45, 7) is 1.93. The number of carbonyl (C=O) groups is 1. The molecule has 1 amide bonds. The molecule has 2 aliphatic heterocycles. The first-order chi connectivity index (χ1) is 13.4. The van der Waals surface area contributed by atoms with E-state index in [1.807, 2.05) is 18.2 Å². The summed E-state index contributed by atoms with van der Waals surface area (Å²) in [5, 5.41) is 0. The topological polar surface area (TPSA) is 79.7 Å². The van der Waals surface area contributed by atoms with Crippen LogP contribution in [0, 0.1) is 0 Å². The van der Waals surface area contributed by atoms with Crippen molar-refractivity contribution in [2.24, 2.45) is 0 Å². The number of sulfonamides is 1. The Kier molecular flexibility index (Phi) is 5.07. The van der Waals surface area contributed by atoms with Crippen molar-refractivity contribution in [2.75, 3.05) is 19.6 Å². The number of aromatic nitrogens is 1. The molecule has 1 fully saturated rings. The molecule has 0 saturated carbocycles. The Bertz CT molecular complexity index is 1060. The summed E-state index contributed by atoms with van der Waals surface area (Å²) in [7, 11) is -3.63. The maximum atomic E-state index is 12.8. The van der Waals surface area contributed by atoms with E-state index >= 15 is 0 Å². The highest BCUT2D eigenvalue weighted by Crippen LogP contribution is 2.21. The van der Waals surface area contributed by atoms with Crippen LogP contribution in [0.2, 0.25) is 0 Å². The van der Waals surface area contributed by atoms with E-state index in [1.165, 1.54) is 32.8 Å². The average Bonchev–Trinajstić information content (AvgIpc) is 3.25. The number of hydrogen-bond donors (Lipinski definition) is 0. The molecular weight excluding hydrogens is 378 g/mol. The molecule has 2 aliphatic rings. The Hall–Kier alpha value is -2.45. The molecule has 4 rings (SSSR count). The van der Waals surface area contributed by atoms with E-state index in [1.54, 1.807) is 4.90 Å². The van der Waals surface area contributed by atoms with Crippen LogP contribution in [0.15, 0.2) is 52.3 Å². The Labute approximate surface area is 164 Å². The van der Waals surface area contributed by atoms with Gasteiger partial charge in [-0.15, -0.1) is 0 Å². The zero-order chi connectivity index (χ0) is 19.7. The molecule has 1 aromatic heterocycles. The SMILES string of the molecule is O=C(Cn1cc(S(=O)(=O)N2CCCC2)ccc1=O)N1CCc2ccccc2C1. The lowest BCUT2D eigenvalue weighted by atomic mass is 10.00. The summed E-state index contributed by atoms with van der Waals surface area (Å²) in [5.41, 5.74) is 1.97. The Morgan fingerprint density at radius 1 is 0.964 bits per heavy atom. The van der Waals surface area contributed by atoms with Gasteiger partial charge in [0.1, 0.15) is 6.54 Å². The van der Waals surface area contributed by atoms with Gasteiger partial charge in [-0.3, -0.25) is 9.59 Å². The minimum atomic E-state index is -3.63. The average molecular weight is 401 g/mol. The van der Waals surface area contributed by atoms with Gasteiger partial charge >= 0.3 is 0 Å². The zero-order valence-electron chi connectivity index (χ0n) is 15.6. The van der Waals surface area contributed by atoms with E-state index in [0.29, 0.717) is 26.2 Å². The van der Waals surface area contributed by atoms with Crippen LogP contribution in [0.4, 0.5) is 0 Å². The zero-order valence-corrected chi connectivity index (χ0v) is 16.4. The van der Waals surface area contributed by atoms with E-state index < -0.39 is 10.0 Å². The number of carbonyl (C=O) groups excluding carboxylic acids is 1. The maximum Gasteiger partial charge on any atom is 0.251 e. The van der Waals surface area contributed by atoms with E-state index in [4.69, 9.17) is 0 Å². The molecule has 0 radical (unpaired) electrons. The van der Waals surface area contributed by atoms with Gasteiger partial charge in [-0.2, -0.15) is 4.31 Å². The van der Waals surface area contributed by atoms with Crippen LogP contribution >= 0.6 is 0 Å². The highest BCUT2D eigenvalue weighted by atomic mass is 32.2. The molecule has 28 heavy (non-hydrogen) atoms. The highest BCUT2D eigenvalue weighted by molar-refractivity contribution is 7.89. The summed E-state index contributed by atoms with van der Waals surface area (Å²) in [5.74, 6) is -0.188. The lowest BCUT2D eigenvalue weighted by molar-refractivity contribution is -0.132. The van der Waals surface area contributed by atoms with Crippen molar-refractivity contribution in [3.05, 3.63) is 64.1 Å². The van der Waals surface area contributed by atoms with Gasteiger partial charge < -0.3 is 9.47 Å². The third kappa shape index (κ3) is 3.62. The van der Waals surface area contributed by atoms with Crippen molar-refractivity contribution in [3.8, 4) is 0 Å². The smallest absolute Gasteiger partial charge is 0.251 e. The predicted molar refractivity (Wildman–Crippen MR) is 104 cm³/mol. The summed E-state index contributed by atoms with van der Waals surface area (Å²) in [4.78, 5) is 26.8. The van der Waals surface area contributed by atoms with Crippen molar-refractivity contribution in [2.45, 2.75) is 37.2 Å². The maximum absolute atomic E-state index is 12.8. The molecule has 0 atom stereocenters. The van der Waals surface area contributed by atoms with Crippen LogP contribution in [0.1, 0.15) is 24.0 Å². The van der Waals surface area contributed by atoms with E-state index in [9.17, 15) is 18.0 Å². The Morgan fingerprint density at radius 3 is 2.43 bits per heavy atom. The van der Waals surface area contributed by atoms with Gasteiger partial charge in [-0.1, -0.05) is 24.3 Å². The van der Waals surface area contributed by atoms with E-state index in [-0.39, 0.29) is 22.9 Å². The number of pyridine rings is 1. The minimum absolute atomic E-state index is 0.0609.